The molecule has 2 aromatic carbocycles. The fourth-order valence-electron chi connectivity index (χ4n) is 1.87. The van der Waals surface area contributed by atoms with Crippen molar-refractivity contribution in [2.75, 3.05) is 6.54 Å². The van der Waals surface area contributed by atoms with Crippen LogP contribution in [0.15, 0.2) is 48.5 Å². The van der Waals surface area contributed by atoms with Crippen LogP contribution in [0.4, 0.5) is 0 Å². The molecule has 2 rings (SSSR count). The molecule has 0 spiro atoms. The van der Waals surface area contributed by atoms with E-state index in [9.17, 15) is 4.79 Å². The van der Waals surface area contributed by atoms with Gasteiger partial charge in [-0.05, 0) is 42.4 Å². The number of nitrogens with one attached hydrogen (secondary N) is 2. The lowest BCUT2D eigenvalue weighted by Crippen LogP contribution is -2.40. The molecule has 3 nitrogen and oxygen atoms in total. The van der Waals surface area contributed by atoms with Crippen molar-refractivity contribution in [2.45, 2.75) is 6.42 Å². The Labute approximate surface area is 144 Å². The Morgan fingerprint density at radius 1 is 1.05 bits per heavy atom. The van der Waals surface area contributed by atoms with Gasteiger partial charge in [-0.3, -0.25) is 10.1 Å². The monoisotopic (exact) mass is 352 g/mol. The van der Waals surface area contributed by atoms with Gasteiger partial charge in [-0.1, -0.05) is 53.5 Å². The number of amides is 1. The summed E-state index contributed by atoms with van der Waals surface area (Å²) in [4.78, 5) is 12.0. The van der Waals surface area contributed by atoms with Gasteiger partial charge < -0.3 is 5.32 Å². The van der Waals surface area contributed by atoms with Crippen molar-refractivity contribution in [3.8, 4) is 0 Å². The summed E-state index contributed by atoms with van der Waals surface area (Å²) in [6, 6.07) is 14.7. The summed E-state index contributed by atoms with van der Waals surface area (Å²) in [7, 11) is 0. The van der Waals surface area contributed by atoms with Crippen LogP contribution < -0.4 is 10.6 Å². The smallest absolute Gasteiger partial charge is 0.257 e. The Balaban J connectivity index is 1.82. The van der Waals surface area contributed by atoms with Gasteiger partial charge in [-0.25, -0.2) is 0 Å². The molecule has 0 saturated heterocycles. The van der Waals surface area contributed by atoms with Gasteiger partial charge in [0.25, 0.3) is 5.91 Å². The van der Waals surface area contributed by atoms with Crippen LogP contribution in [0.3, 0.4) is 0 Å². The quantitative estimate of drug-likeness (QED) is 0.821. The number of carbonyl (C=O) groups is 1. The fourth-order valence-corrected chi connectivity index (χ4v) is 2.59. The number of hydrogen-bond donors (Lipinski definition) is 2. The molecule has 0 fully saturated rings. The first-order valence-electron chi connectivity index (χ1n) is 6.64. The molecule has 0 aliphatic carbocycles. The summed E-state index contributed by atoms with van der Waals surface area (Å²) in [5.74, 6) is -0.346. The summed E-state index contributed by atoms with van der Waals surface area (Å²) in [5.41, 5.74) is 1.57. The van der Waals surface area contributed by atoms with E-state index in [0.29, 0.717) is 22.2 Å². The predicted molar refractivity (Wildman–Crippen MR) is 94.7 cm³/mol. The van der Waals surface area contributed by atoms with E-state index in [2.05, 4.69) is 10.6 Å². The van der Waals surface area contributed by atoms with Gasteiger partial charge in [0.1, 0.15) is 0 Å². The molecule has 22 heavy (non-hydrogen) atoms. The maximum absolute atomic E-state index is 12.0. The van der Waals surface area contributed by atoms with E-state index >= 15 is 0 Å². The van der Waals surface area contributed by atoms with E-state index < -0.39 is 0 Å². The molecule has 0 saturated carbocycles. The van der Waals surface area contributed by atoms with E-state index in [4.69, 9.17) is 35.4 Å². The molecule has 2 aromatic rings. The Morgan fingerprint density at radius 2 is 1.68 bits per heavy atom. The topological polar surface area (TPSA) is 41.1 Å². The van der Waals surface area contributed by atoms with Gasteiger partial charge in [0.2, 0.25) is 0 Å². The highest BCUT2D eigenvalue weighted by molar-refractivity contribution is 7.80. The van der Waals surface area contributed by atoms with Crippen molar-refractivity contribution in [3.05, 3.63) is 69.7 Å². The van der Waals surface area contributed by atoms with Crippen LogP contribution in [0.2, 0.25) is 10.0 Å². The minimum absolute atomic E-state index is 0.275. The summed E-state index contributed by atoms with van der Waals surface area (Å²) in [6.45, 7) is 0.638. The lowest BCUT2D eigenvalue weighted by atomic mass is 10.1. The van der Waals surface area contributed by atoms with Gasteiger partial charge in [-0.2, -0.15) is 0 Å². The zero-order chi connectivity index (χ0) is 15.9. The molecular weight excluding hydrogens is 339 g/mol. The van der Waals surface area contributed by atoms with Gasteiger partial charge in [0.05, 0.1) is 0 Å². The van der Waals surface area contributed by atoms with E-state index in [1.807, 2.05) is 30.3 Å². The number of carbonyl (C=O) groups excluding carboxylic acids is 1. The molecule has 114 valence electrons. The third-order valence-electron chi connectivity index (χ3n) is 2.89. The number of rotatable bonds is 4. The highest BCUT2D eigenvalue weighted by Gasteiger charge is 2.09. The zero-order valence-corrected chi connectivity index (χ0v) is 13.9. The molecule has 0 radical (unpaired) electrons. The van der Waals surface area contributed by atoms with Crippen molar-refractivity contribution in [1.82, 2.24) is 10.6 Å². The first-order chi connectivity index (χ1) is 10.5. The van der Waals surface area contributed by atoms with Crippen molar-refractivity contribution in [3.63, 3.8) is 0 Å². The Bertz CT molecular complexity index is 657. The van der Waals surface area contributed by atoms with Crippen LogP contribution in [0, 0.1) is 0 Å². The molecule has 0 bridgehead atoms. The molecule has 0 unspecified atom stereocenters. The summed E-state index contributed by atoms with van der Waals surface area (Å²) >= 11 is 16.8. The van der Waals surface area contributed by atoms with Crippen molar-refractivity contribution in [1.29, 1.82) is 0 Å². The molecule has 6 heteroatoms. The standard InChI is InChI=1S/C16H14Cl2N2OS/c17-13-8-12(9-14(18)10-13)15(21)20-16(22)19-7-6-11-4-2-1-3-5-11/h1-5,8-10H,6-7H2,(H2,19,20,21,22). The second-order valence-corrected chi connectivity index (χ2v) is 5.88. The van der Waals surface area contributed by atoms with E-state index in [-0.39, 0.29) is 11.0 Å². The van der Waals surface area contributed by atoms with E-state index in [0.717, 1.165) is 6.42 Å². The molecule has 0 aliphatic rings. The van der Waals surface area contributed by atoms with Crippen LogP contribution in [-0.4, -0.2) is 17.6 Å². The predicted octanol–water partition coefficient (Wildman–Crippen LogP) is 3.84. The lowest BCUT2D eigenvalue weighted by Gasteiger charge is -2.10. The fraction of sp³-hybridized carbons (Fsp3) is 0.125. The Kier molecular flexibility index (Phi) is 6.19. The maximum atomic E-state index is 12.0. The summed E-state index contributed by atoms with van der Waals surface area (Å²) in [6.07, 6.45) is 0.819. The third kappa shape index (κ3) is 5.30. The van der Waals surface area contributed by atoms with Crippen LogP contribution in [0.1, 0.15) is 15.9 Å². The Morgan fingerprint density at radius 3 is 2.32 bits per heavy atom. The first-order valence-corrected chi connectivity index (χ1v) is 7.80. The number of hydrogen-bond acceptors (Lipinski definition) is 2. The van der Waals surface area contributed by atoms with Gasteiger partial charge in [0.15, 0.2) is 5.11 Å². The minimum Gasteiger partial charge on any atom is -0.362 e. The van der Waals surface area contributed by atoms with Gasteiger partial charge in [0, 0.05) is 22.2 Å². The second kappa shape index (κ2) is 8.13. The average Bonchev–Trinajstić information content (AvgIpc) is 2.47. The maximum Gasteiger partial charge on any atom is 0.257 e. The number of benzene rings is 2. The van der Waals surface area contributed by atoms with Crippen LogP contribution in [0.5, 0.6) is 0 Å². The molecule has 2 N–H and O–H groups in total. The van der Waals surface area contributed by atoms with Crippen LogP contribution in [0.25, 0.3) is 0 Å². The molecule has 1 amide bonds. The normalized spacial score (nSPS) is 10.1. The van der Waals surface area contributed by atoms with Crippen LogP contribution >= 0.6 is 35.4 Å². The molecule has 0 atom stereocenters. The third-order valence-corrected chi connectivity index (χ3v) is 3.58. The zero-order valence-electron chi connectivity index (χ0n) is 11.6. The number of halogens is 2. The lowest BCUT2D eigenvalue weighted by molar-refractivity contribution is 0.0976. The molecular formula is C16H14Cl2N2OS. The minimum atomic E-state index is -0.346. The molecule has 0 aromatic heterocycles. The highest BCUT2D eigenvalue weighted by atomic mass is 35.5. The van der Waals surface area contributed by atoms with Crippen LogP contribution in [-0.2, 0) is 6.42 Å². The largest absolute Gasteiger partial charge is 0.362 e. The van der Waals surface area contributed by atoms with Gasteiger partial charge >= 0.3 is 0 Å². The molecule has 0 aliphatic heterocycles. The van der Waals surface area contributed by atoms with Crippen molar-refractivity contribution >= 4 is 46.4 Å². The van der Waals surface area contributed by atoms with Gasteiger partial charge in [-0.15, -0.1) is 0 Å². The average molecular weight is 353 g/mol. The summed E-state index contributed by atoms with van der Waals surface area (Å²) in [5, 5.41) is 6.68. The first kappa shape index (κ1) is 16.7. The van der Waals surface area contributed by atoms with E-state index in [1.165, 1.54) is 17.7 Å². The summed E-state index contributed by atoms with van der Waals surface area (Å²) < 4.78 is 0. The number of thiocarbonyl (C=S) groups is 1. The van der Waals surface area contributed by atoms with Crippen molar-refractivity contribution < 1.29 is 4.79 Å². The van der Waals surface area contributed by atoms with E-state index in [1.54, 1.807) is 6.07 Å². The van der Waals surface area contributed by atoms with Crippen molar-refractivity contribution in [2.24, 2.45) is 0 Å². The Hall–Kier alpha value is -1.62. The molecule has 0 heterocycles. The highest BCUT2D eigenvalue weighted by Crippen LogP contribution is 2.18. The second-order valence-electron chi connectivity index (χ2n) is 4.60. The SMILES string of the molecule is O=C(NC(=S)NCCc1ccccc1)c1cc(Cl)cc(Cl)c1.